The fourth-order valence-electron chi connectivity index (χ4n) is 1.41. The van der Waals surface area contributed by atoms with E-state index in [0.717, 1.165) is 6.92 Å². The maximum atomic E-state index is 13.5. The number of carboxylic acids is 1. The minimum Gasteiger partial charge on any atom is -0.481 e. The van der Waals surface area contributed by atoms with Crippen LogP contribution in [0.4, 0.5) is 17.6 Å². The molecule has 2 N–H and O–H groups in total. The first-order chi connectivity index (χ1) is 7.64. The lowest BCUT2D eigenvalue weighted by Gasteiger charge is -2.20. The van der Waals surface area contributed by atoms with Gasteiger partial charge in [-0.2, -0.15) is 13.2 Å². The molecular formula is C9H13F4NO3. The van der Waals surface area contributed by atoms with Crippen molar-refractivity contribution in [2.45, 2.75) is 44.6 Å². The van der Waals surface area contributed by atoms with Crippen LogP contribution in [0.25, 0.3) is 0 Å². The zero-order chi connectivity index (χ0) is 13.4. The van der Waals surface area contributed by atoms with Gasteiger partial charge in [0.2, 0.25) is 0 Å². The van der Waals surface area contributed by atoms with E-state index in [1.165, 1.54) is 6.92 Å². The van der Waals surface area contributed by atoms with Crippen LogP contribution in [0.2, 0.25) is 0 Å². The Bertz CT molecular complexity index is 296. The second-order valence-electron chi connectivity index (χ2n) is 4.05. The molecule has 0 bridgehead atoms. The molecule has 0 aromatic rings. The Balaban J connectivity index is 2.41. The third kappa shape index (κ3) is 3.53. The van der Waals surface area contributed by atoms with Crippen molar-refractivity contribution in [2.24, 2.45) is 5.92 Å². The molecule has 0 aromatic carbocycles. The van der Waals surface area contributed by atoms with E-state index in [-0.39, 0.29) is 0 Å². The van der Waals surface area contributed by atoms with Crippen molar-refractivity contribution in [1.29, 1.82) is 0 Å². The molecule has 4 nitrogen and oxygen atoms in total. The summed E-state index contributed by atoms with van der Waals surface area (Å²) in [5, 5.41) is 10.8. The van der Waals surface area contributed by atoms with E-state index in [1.54, 1.807) is 0 Å². The molecule has 0 radical (unpaired) electrons. The first kappa shape index (κ1) is 14.2. The van der Waals surface area contributed by atoms with Crippen molar-refractivity contribution in [2.75, 3.05) is 0 Å². The fourth-order valence-corrected chi connectivity index (χ4v) is 1.41. The van der Waals surface area contributed by atoms with Crippen LogP contribution in [0.15, 0.2) is 0 Å². The van der Waals surface area contributed by atoms with E-state index in [0.29, 0.717) is 0 Å². The van der Waals surface area contributed by atoms with Crippen LogP contribution in [-0.4, -0.2) is 41.8 Å². The van der Waals surface area contributed by atoms with Gasteiger partial charge in [-0.05, 0) is 13.8 Å². The first-order valence-electron chi connectivity index (χ1n) is 4.99. The van der Waals surface area contributed by atoms with Gasteiger partial charge in [-0.15, -0.1) is 0 Å². The van der Waals surface area contributed by atoms with Crippen LogP contribution >= 0.6 is 0 Å². The number of nitrogens with one attached hydrogen (secondary N) is 1. The number of rotatable bonds is 5. The standard InChI is InChI=1S/C9H13F4NO3/c1-3(8(15)16)5(10)4(2)14-7-6(17-7)9(11,12)13/h3-7,14H,1-2H3,(H,15,16)/t3?,4-,5?,6?,7?/m1/s1. The minimum absolute atomic E-state index is 1.03. The molecular weight excluding hydrogens is 246 g/mol. The molecule has 100 valence electrons. The quantitative estimate of drug-likeness (QED) is 0.577. The van der Waals surface area contributed by atoms with Crippen LogP contribution in [0.5, 0.6) is 0 Å². The zero-order valence-corrected chi connectivity index (χ0v) is 9.16. The number of carbonyl (C=O) groups is 1. The number of alkyl halides is 4. The van der Waals surface area contributed by atoms with Crippen molar-refractivity contribution in [3.8, 4) is 0 Å². The van der Waals surface area contributed by atoms with Crippen LogP contribution in [-0.2, 0) is 9.53 Å². The summed E-state index contributed by atoms with van der Waals surface area (Å²) in [4.78, 5) is 10.5. The molecule has 1 fully saturated rings. The molecule has 0 spiro atoms. The monoisotopic (exact) mass is 259 g/mol. The zero-order valence-electron chi connectivity index (χ0n) is 9.16. The van der Waals surface area contributed by atoms with Crippen molar-refractivity contribution in [1.82, 2.24) is 5.32 Å². The first-order valence-corrected chi connectivity index (χ1v) is 4.99. The lowest BCUT2D eigenvalue weighted by molar-refractivity contribution is -0.147. The van der Waals surface area contributed by atoms with E-state index in [2.05, 4.69) is 10.1 Å². The van der Waals surface area contributed by atoms with E-state index in [1.807, 2.05) is 0 Å². The summed E-state index contributed by atoms with van der Waals surface area (Å²) >= 11 is 0. The smallest absolute Gasteiger partial charge is 0.418 e. The van der Waals surface area contributed by atoms with Crippen LogP contribution in [0.3, 0.4) is 0 Å². The number of hydrogen-bond acceptors (Lipinski definition) is 3. The van der Waals surface area contributed by atoms with Gasteiger partial charge in [0, 0.05) is 6.04 Å². The third-order valence-electron chi connectivity index (χ3n) is 2.59. The predicted octanol–water partition coefficient (Wildman–Crippen LogP) is 1.31. The molecule has 1 heterocycles. The van der Waals surface area contributed by atoms with E-state index in [4.69, 9.17) is 5.11 Å². The van der Waals surface area contributed by atoms with Gasteiger partial charge in [0.05, 0.1) is 5.92 Å². The third-order valence-corrected chi connectivity index (χ3v) is 2.59. The predicted molar refractivity (Wildman–Crippen MR) is 49.0 cm³/mol. The maximum absolute atomic E-state index is 13.5. The van der Waals surface area contributed by atoms with E-state index < -0.39 is 42.6 Å². The number of epoxide rings is 1. The summed E-state index contributed by atoms with van der Waals surface area (Å²) in [6.45, 7) is 2.43. The number of ether oxygens (including phenoxy) is 1. The SMILES string of the molecule is CC(C(=O)O)C(F)[C@@H](C)NC1OC1C(F)(F)F. The number of halogens is 4. The summed E-state index contributed by atoms with van der Waals surface area (Å²) in [6, 6.07) is -1.03. The fraction of sp³-hybridized carbons (Fsp3) is 0.889. The van der Waals surface area contributed by atoms with Gasteiger partial charge < -0.3 is 9.84 Å². The molecule has 1 rings (SSSR count). The van der Waals surface area contributed by atoms with Crippen LogP contribution < -0.4 is 5.32 Å². The Labute approximate surface area is 94.9 Å². The van der Waals surface area contributed by atoms with Crippen LogP contribution in [0, 0.1) is 5.92 Å². The molecule has 1 aliphatic heterocycles. The lowest BCUT2D eigenvalue weighted by atomic mass is 10.0. The average molecular weight is 259 g/mol. The second-order valence-corrected chi connectivity index (χ2v) is 4.05. The number of hydrogen-bond donors (Lipinski definition) is 2. The summed E-state index contributed by atoms with van der Waals surface area (Å²) in [5.74, 6) is -2.63. The Morgan fingerprint density at radius 3 is 2.29 bits per heavy atom. The Kier molecular flexibility index (Phi) is 3.98. The highest BCUT2D eigenvalue weighted by Crippen LogP contribution is 2.36. The average Bonchev–Trinajstić information content (AvgIpc) is 2.94. The normalized spacial score (nSPS) is 29.5. The van der Waals surface area contributed by atoms with Crippen molar-refractivity contribution >= 4 is 5.97 Å². The molecule has 1 aliphatic rings. The van der Waals surface area contributed by atoms with Gasteiger partial charge in [0.1, 0.15) is 12.4 Å². The molecule has 4 unspecified atom stereocenters. The minimum atomic E-state index is -4.48. The Morgan fingerprint density at radius 2 is 1.94 bits per heavy atom. The Hall–Kier alpha value is -0.890. The highest BCUT2D eigenvalue weighted by Gasteiger charge is 2.58. The summed E-state index contributed by atoms with van der Waals surface area (Å²) in [6.07, 6.45) is -9.49. The van der Waals surface area contributed by atoms with E-state index in [9.17, 15) is 22.4 Å². The van der Waals surface area contributed by atoms with E-state index >= 15 is 0 Å². The highest BCUT2D eigenvalue weighted by atomic mass is 19.4. The summed E-state index contributed by atoms with van der Waals surface area (Å²) in [5.41, 5.74) is 0. The van der Waals surface area contributed by atoms with Crippen molar-refractivity contribution in [3.05, 3.63) is 0 Å². The van der Waals surface area contributed by atoms with Gasteiger partial charge in [-0.3, -0.25) is 10.1 Å². The molecule has 17 heavy (non-hydrogen) atoms. The summed E-state index contributed by atoms with van der Waals surface area (Å²) < 4.78 is 54.0. The molecule has 1 saturated heterocycles. The second kappa shape index (κ2) is 4.77. The highest BCUT2D eigenvalue weighted by molar-refractivity contribution is 5.70. The molecule has 5 atom stereocenters. The molecule has 0 aromatic heterocycles. The number of aliphatic carboxylic acids is 1. The largest absolute Gasteiger partial charge is 0.481 e. The Morgan fingerprint density at radius 1 is 1.41 bits per heavy atom. The number of carboxylic acid groups (broad SMARTS) is 1. The van der Waals surface area contributed by atoms with Gasteiger partial charge >= 0.3 is 12.1 Å². The van der Waals surface area contributed by atoms with Gasteiger partial charge in [0.25, 0.3) is 0 Å². The van der Waals surface area contributed by atoms with Gasteiger partial charge in [-0.1, -0.05) is 0 Å². The maximum Gasteiger partial charge on any atom is 0.418 e. The van der Waals surface area contributed by atoms with Crippen LogP contribution in [0.1, 0.15) is 13.8 Å². The van der Waals surface area contributed by atoms with Crippen molar-refractivity contribution in [3.63, 3.8) is 0 Å². The van der Waals surface area contributed by atoms with Crippen molar-refractivity contribution < 1.29 is 32.2 Å². The molecule has 0 aliphatic carbocycles. The summed E-state index contributed by atoms with van der Waals surface area (Å²) in [7, 11) is 0. The topological polar surface area (TPSA) is 61.9 Å². The lowest BCUT2D eigenvalue weighted by Crippen LogP contribution is -2.43. The van der Waals surface area contributed by atoms with Gasteiger partial charge in [-0.25, -0.2) is 4.39 Å². The molecule has 0 amide bonds. The molecule has 0 saturated carbocycles. The van der Waals surface area contributed by atoms with Gasteiger partial charge in [0.15, 0.2) is 6.10 Å². The molecule has 8 heteroatoms.